The van der Waals surface area contributed by atoms with E-state index in [1.165, 1.54) is 11.3 Å². The lowest BCUT2D eigenvalue weighted by Crippen LogP contribution is -2.34. The van der Waals surface area contributed by atoms with Crippen molar-refractivity contribution in [1.29, 1.82) is 0 Å². The monoisotopic (exact) mass is 329 g/mol. The van der Waals surface area contributed by atoms with Crippen LogP contribution in [0, 0.1) is 6.92 Å². The number of aromatic nitrogens is 2. The van der Waals surface area contributed by atoms with Crippen molar-refractivity contribution < 1.29 is 4.57 Å². The van der Waals surface area contributed by atoms with Crippen molar-refractivity contribution in [3.05, 3.63) is 66.2 Å². The molecule has 0 bridgehead atoms. The van der Waals surface area contributed by atoms with E-state index in [4.69, 9.17) is 10.7 Å². The van der Waals surface area contributed by atoms with E-state index in [2.05, 4.69) is 66.9 Å². The van der Waals surface area contributed by atoms with Crippen molar-refractivity contribution in [3.8, 4) is 5.69 Å². The Kier molecular flexibility index (Phi) is 3.53. The van der Waals surface area contributed by atoms with Gasteiger partial charge in [-0.2, -0.15) is 0 Å². The number of hydrogen-bond donors (Lipinski definition) is 1. The van der Waals surface area contributed by atoms with Crippen LogP contribution in [0.5, 0.6) is 0 Å². The van der Waals surface area contributed by atoms with Gasteiger partial charge in [-0.25, -0.2) is 4.98 Å². The summed E-state index contributed by atoms with van der Waals surface area (Å²) < 4.78 is 2.26. The molecule has 0 atom stereocenters. The molecule has 25 heavy (non-hydrogen) atoms. The van der Waals surface area contributed by atoms with Crippen molar-refractivity contribution in [1.82, 2.24) is 4.98 Å². The average molecular weight is 329 g/mol. The third-order valence-electron chi connectivity index (χ3n) is 4.58. The molecule has 4 aromatic rings. The minimum absolute atomic E-state index is 0.736. The minimum Gasteiger partial charge on any atom is -0.399 e. The highest BCUT2D eigenvalue weighted by Gasteiger charge is 2.23. The zero-order valence-corrected chi connectivity index (χ0v) is 14.7. The molecule has 4 rings (SSSR count). The molecule has 0 spiro atoms. The summed E-state index contributed by atoms with van der Waals surface area (Å²) in [5.41, 5.74) is 14.3. The Balaban J connectivity index is 2.25. The Hall–Kier alpha value is -3.14. The van der Waals surface area contributed by atoms with Gasteiger partial charge in [0, 0.05) is 49.2 Å². The first-order chi connectivity index (χ1) is 12.1. The molecule has 2 N–H and O–H groups in total. The molecule has 0 aliphatic rings. The molecule has 4 heteroatoms. The molecule has 4 nitrogen and oxygen atoms in total. The summed E-state index contributed by atoms with van der Waals surface area (Å²) >= 11 is 0. The molecule has 3 aromatic carbocycles. The number of benzene rings is 3. The second-order valence-corrected chi connectivity index (χ2v) is 6.50. The highest BCUT2D eigenvalue weighted by molar-refractivity contribution is 5.88. The van der Waals surface area contributed by atoms with E-state index in [1.54, 1.807) is 0 Å². The number of fused-ring (bicyclic) bond motifs is 2. The molecule has 0 amide bonds. The molecular formula is C21H21N4+. The van der Waals surface area contributed by atoms with Gasteiger partial charge in [0.05, 0.1) is 0 Å². The first-order valence-electron chi connectivity index (χ1n) is 8.33. The maximum absolute atomic E-state index is 6.08. The number of nitrogen functional groups attached to an aromatic ring is 1. The predicted octanol–water partition coefficient (Wildman–Crippen LogP) is 3.62. The topological polar surface area (TPSA) is 46.0 Å². The van der Waals surface area contributed by atoms with E-state index in [1.807, 2.05) is 24.3 Å². The fraction of sp³-hybridized carbons (Fsp3) is 0.143. The summed E-state index contributed by atoms with van der Waals surface area (Å²) in [6.45, 7) is 2.15. The standard InChI is InChI=1S/C21H20N4/c1-14-19(24(2)3)12-11-18-21(14)25(16-7-5-4-6-8-16)20-13-15(22)9-10-17(20)23-18/h4-13,22H,1-3H3/p+1. The molecule has 0 aliphatic heterocycles. The number of para-hydroxylation sites is 1. The number of nitrogens with zero attached hydrogens (tertiary/aromatic N) is 3. The van der Waals surface area contributed by atoms with Crippen molar-refractivity contribution in [2.45, 2.75) is 6.92 Å². The molecule has 0 saturated heterocycles. The number of aryl methyl sites for hydroxylation is 1. The molecule has 0 fully saturated rings. The van der Waals surface area contributed by atoms with Gasteiger partial charge in [0.2, 0.25) is 16.7 Å². The molecule has 124 valence electrons. The zero-order valence-electron chi connectivity index (χ0n) is 14.7. The molecular weight excluding hydrogens is 308 g/mol. The van der Waals surface area contributed by atoms with E-state index in [-0.39, 0.29) is 0 Å². The van der Waals surface area contributed by atoms with Crippen LogP contribution in [-0.4, -0.2) is 19.1 Å². The Morgan fingerprint density at radius 1 is 0.920 bits per heavy atom. The van der Waals surface area contributed by atoms with Crippen LogP contribution < -0.4 is 15.2 Å². The number of rotatable bonds is 2. The van der Waals surface area contributed by atoms with E-state index >= 15 is 0 Å². The van der Waals surface area contributed by atoms with Crippen molar-refractivity contribution in [2.24, 2.45) is 0 Å². The number of nitrogens with two attached hydrogens (primary N) is 1. The molecule has 0 aliphatic carbocycles. The molecule has 0 radical (unpaired) electrons. The van der Waals surface area contributed by atoms with Crippen LogP contribution in [-0.2, 0) is 0 Å². The Morgan fingerprint density at radius 2 is 1.64 bits per heavy atom. The van der Waals surface area contributed by atoms with E-state index in [9.17, 15) is 0 Å². The Labute approximate surface area is 147 Å². The van der Waals surface area contributed by atoms with Gasteiger partial charge in [0.25, 0.3) is 0 Å². The third kappa shape index (κ3) is 2.47. The largest absolute Gasteiger partial charge is 0.399 e. The van der Waals surface area contributed by atoms with Gasteiger partial charge < -0.3 is 10.6 Å². The van der Waals surface area contributed by atoms with Gasteiger partial charge in [-0.3, -0.25) is 0 Å². The first kappa shape index (κ1) is 15.4. The maximum Gasteiger partial charge on any atom is 0.242 e. The molecule has 0 saturated carbocycles. The first-order valence-corrected chi connectivity index (χ1v) is 8.33. The van der Waals surface area contributed by atoms with Crippen LogP contribution >= 0.6 is 0 Å². The minimum atomic E-state index is 0.736. The predicted molar refractivity (Wildman–Crippen MR) is 104 cm³/mol. The van der Waals surface area contributed by atoms with Gasteiger partial charge >= 0.3 is 0 Å². The van der Waals surface area contributed by atoms with Crippen molar-refractivity contribution in [2.75, 3.05) is 24.7 Å². The van der Waals surface area contributed by atoms with Crippen molar-refractivity contribution >= 4 is 33.4 Å². The summed E-state index contributed by atoms with van der Waals surface area (Å²) in [5.74, 6) is 0. The van der Waals surface area contributed by atoms with Gasteiger partial charge in [0.15, 0.2) is 0 Å². The smallest absolute Gasteiger partial charge is 0.242 e. The summed E-state index contributed by atoms with van der Waals surface area (Å²) in [4.78, 5) is 7.00. The van der Waals surface area contributed by atoms with Crippen LogP contribution in [0.25, 0.3) is 27.8 Å². The lowest BCUT2D eigenvalue weighted by Gasteiger charge is -2.16. The number of hydrogen-bond acceptors (Lipinski definition) is 3. The lowest BCUT2D eigenvalue weighted by molar-refractivity contribution is -0.538. The molecule has 0 unspecified atom stereocenters. The highest BCUT2D eigenvalue weighted by Crippen LogP contribution is 2.27. The van der Waals surface area contributed by atoms with Crippen LogP contribution in [0.1, 0.15) is 5.56 Å². The van der Waals surface area contributed by atoms with E-state index in [0.29, 0.717) is 0 Å². The highest BCUT2D eigenvalue weighted by atomic mass is 15.1. The summed E-state index contributed by atoms with van der Waals surface area (Å²) in [6, 6.07) is 20.5. The normalized spacial score (nSPS) is 11.2. The Bertz CT molecular complexity index is 1090. The summed E-state index contributed by atoms with van der Waals surface area (Å²) in [6.07, 6.45) is 0. The SMILES string of the molecule is Cc1c(N(C)C)ccc2nc3ccc(N)cc3[n+](-c3ccccc3)c12. The van der Waals surface area contributed by atoms with Gasteiger partial charge in [-0.05, 0) is 31.2 Å². The lowest BCUT2D eigenvalue weighted by atomic mass is 10.1. The van der Waals surface area contributed by atoms with E-state index < -0.39 is 0 Å². The number of anilines is 2. The third-order valence-corrected chi connectivity index (χ3v) is 4.58. The summed E-state index contributed by atoms with van der Waals surface area (Å²) in [5, 5.41) is 0. The van der Waals surface area contributed by atoms with E-state index in [0.717, 1.165) is 33.4 Å². The van der Waals surface area contributed by atoms with Crippen molar-refractivity contribution in [3.63, 3.8) is 0 Å². The van der Waals surface area contributed by atoms with Crippen LogP contribution in [0.15, 0.2) is 60.7 Å². The van der Waals surface area contributed by atoms with Crippen LogP contribution in [0.4, 0.5) is 11.4 Å². The zero-order chi connectivity index (χ0) is 17.6. The molecule has 1 aromatic heterocycles. The maximum atomic E-state index is 6.08. The second-order valence-electron chi connectivity index (χ2n) is 6.50. The average Bonchev–Trinajstić information content (AvgIpc) is 2.61. The summed E-state index contributed by atoms with van der Waals surface area (Å²) in [7, 11) is 4.13. The van der Waals surface area contributed by atoms with Gasteiger partial charge in [-0.1, -0.05) is 18.2 Å². The second kappa shape index (κ2) is 5.74. The quantitative estimate of drug-likeness (QED) is 0.347. The van der Waals surface area contributed by atoms with Crippen LogP contribution in [0.2, 0.25) is 0 Å². The van der Waals surface area contributed by atoms with Gasteiger partial charge in [0.1, 0.15) is 11.0 Å². The molecule has 1 heterocycles. The fourth-order valence-corrected chi connectivity index (χ4v) is 3.44. The van der Waals surface area contributed by atoms with Gasteiger partial charge in [-0.15, -0.1) is 4.57 Å². The fourth-order valence-electron chi connectivity index (χ4n) is 3.44. The Morgan fingerprint density at radius 3 is 2.36 bits per heavy atom. The van der Waals surface area contributed by atoms with Crippen LogP contribution in [0.3, 0.4) is 0 Å².